The van der Waals surface area contributed by atoms with Gasteiger partial charge in [-0.1, -0.05) is 52.0 Å². The standard InChI is InChI=1S/C30H36N2O6/c1-6-36-26(35)32-23(18-11-13-31-14-12-18)24(33)25(34)37-22-15-21-27(3,4)28(22,5)29-16-17(2)19-9-7-8-10-20(19)30(21,29)38-29/h7-14,17,21-24,33H,6,15-16H2,1-5H3,(H,32,35)/t17-,21?,22?,23-,24+,28?,29-,30+/m0/s1. The lowest BCUT2D eigenvalue weighted by molar-refractivity contribution is -0.173. The molecule has 1 amide bonds. The number of carbonyl (C=O) groups is 2. The zero-order valence-electron chi connectivity index (χ0n) is 22.6. The van der Waals surface area contributed by atoms with Gasteiger partial charge in [0.05, 0.1) is 12.6 Å². The van der Waals surface area contributed by atoms with Crippen molar-refractivity contribution >= 4 is 12.1 Å². The van der Waals surface area contributed by atoms with Crippen LogP contribution < -0.4 is 5.32 Å². The number of nitrogens with zero attached hydrogens (tertiary/aromatic N) is 1. The average Bonchev–Trinajstić information content (AvgIpc) is 3.53. The van der Waals surface area contributed by atoms with E-state index in [1.165, 1.54) is 23.5 Å². The van der Waals surface area contributed by atoms with Gasteiger partial charge in [-0.15, -0.1) is 0 Å². The first-order valence-corrected chi connectivity index (χ1v) is 13.6. The van der Waals surface area contributed by atoms with Crippen molar-refractivity contribution < 1.29 is 28.9 Å². The first kappa shape index (κ1) is 25.3. The Balaban J connectivity index is 1.29. The molecule has 202 valence electrons. The number of aliphatic hydroxyl groups is 1. The van der Waals surface area contributed by atoms with Crippen LogP contribution in [0.4, 0.5) is 4.79 Å². The number of alkyl carbamates (subject to hydrolysis) is 1. The van der Waals surface area contributed by atoms with Crippen molar-refractivity contribution in [1.29, 1.82) is 0 Å². The van der Waals surface area contributed by atoms with Crippen LogP contribution >= 0.6 is 0 Å². The van der Waals surface area contributed by atoms with E-state index in [0.717, 1.165) is 6.42 Å². The Morgan fingerprint density at radius 3 is 2.61 bits per heavy atom. The largest absolute Gasteiger partial charge is 0.460 e. The molecule has 1 aliphatic heterocycles. The number of hydrogen-bond donors (Lipinski definition) is 2. The van der Waals surface area contributed by atoms with Gasteiger partial charge >= 0.3 is 12.1 Å². The Morgan fingerprint density at radius 1 is 1.18 bits per heavy atom. The van der Waals surface area contributed by atoms with Crippen molar-refractivity contribution in [3.8, 4) is 0 Å². The quantitative estimate of drug-likeness (QED) is 0.430. The number of esters is 1. The monoisotopic (exact) mass is 520 g/mol. The SMILES string of the molecule is CCOC(=O)N[C@@H](c1ccncc1)[C@@H](O)C(=O)OC1CC2C(C)(C)C1(C)[C@@]13C[C@H](C)c4ccccc4[C@@]21O3. The van der Waals surface area contributed by atoms with Gasteiger partial charge in [0.15, 0.2) is 6.10 Å². The van der Waals surface area contributed by atoms with Crippen LogP contribution in [0, 0.1) is 16.7 Å². The van der Waals surface area contributed by atoms with E-state index < -0.39 is 41.3 Å². The molecule has 2 saturated carbocycles. The summed E-state index contributed by atoms with van der Waals surface area (Å²) in [4.78, 5) is 29.7. The maximum atomic E-state index is 13.5. The fourth-order valence-electron chi connectivity index (χ4n) is 8.47. The third-order valence-corrected chi connectivity index (χ3v) is 10.4. The van der Waals surface area contributed by atoms with Gasteiger partial charge in [-0.2, -0.15) is 0 Å². The predicted octanol–water partition coefficient (Wildman–Crippen LogP) is 4.38. The number of ether oxygens (including phenoxy) is 3. The molecule has 2 heterocycles. The molecule has 6 rings (SSSR count). The Bertz CT molecular complexity index is 1280. The van der Waals surface area contributed by atoms with Crippen molar-refractivity contribution in [2.75, 3.05) is 6.61 Å². The normalized spacial score (nSPS) is 36.7. The van der Waals surface area contributed by atoms with Crippen LogP contribution in [-0.4, -0.2) is 46.6 Å². The highest BCUT2D eigenvalue weighted by atomic mass is 16.6. The number of aliphatic hydroxyl groups excluding tert-OH is 1. The Morgan fingerprint density at radius 2 is 1.89 bits per heavy atom. The van der Waals surface area contributed by atoms with Crippen LogP contribution in [0.2, 0.25) is 0 Å². The highest BCUT2D eigenvalue weighted by molar-refractivity contribution is 5.78. The number of aromatic nitrogens is 1. The third-order valence-electron chi connectivity index (χ3n) is 10.4. The average molecular weight is 521 g/mol. The number of nitrogens with one attached hydrogen (secondary N) is 1. The van der Waals surface area contributed by atoms with Crippen LogP contribution in [0.5, 0.6) is 0 Å². The molecule has 0 spiro atoms. The minimum atomic E-state index is -1.62. The van der Waals surface area contributed by atoms with Gasteiger partial charge in [0.2, 0.25) is 0 Å². The zero-order chi connectivity index (χ0) is 27.1. The molecule has 2 bridgehead atoms. The molecule has 3 aliphatic carbocycles. The first-order valence-electron chi connectivity index (χ1n) is 13.6. The molecule has 8 nitrogen and oxygen atoms in total. The van der Waals surface area contributed by atoms with Crippen molar-refractivity contribution in [2.24, 2.45) is 16.7 Å². The Labute approximate surface area is 223 Å². The summed E-state index contributed by atoms with van der Waals surface area (Å²) in [5.41, 5.74) is 1.75. The van der Waals surface area contributed by atoms with Gasteiger partial charge in [-0.05, 0) is 59.9 Å². The molecule has 38 heavy (non-hydrogen) atoms. The topological polar surface area (TPSA) is 110 Å². The molecule has 2 aromatic rings. The number of carbonyl (C=O) groups excluding carboxylic acids is 2. The zero-order valence-corrected chi connectivity index (χ0v) is 22.6. The molecule has 1 aromatic carbocycles. The molecule has 1 aromatic heterocycles. The van der Waals surface area contributed by atoms with Crippen molar-refractivity contribution in [1.82, 2.24) is 10.3 Å². The summed E-state index contributed by atoms with van der Waals surface area (Å²) in [5.74, 6) is -0.289. The summed E-state index contributed by atoms with van der Waals surface area (Å²) in [6, 6.07) is 10.8. The van der Waals surface area contributed by atoms with Gasteiger partial charge in [-0.25, -0.2) is 9.59 Å². The summed E-state index contributed by atoms with van der Waals surface area (Å²) in [6.07, 6.45) is 1.81. The van der Waals surface area contributed by atoms with Gasteiger partial charge in [0.25, 0.3) is 0 Å². The minimum absolute atomic E-state index is 0.161. The van der Waals surface area contributed by atoms with E-state index in [-0.39, 0.29) is 23.5 Å². The number of rotatable bonds is 6. The summed E-state index contributed by atoms with van der Waals surface area (Å²) in [6.45, 7) is 10.8. The summed E-state index contributed by atoms with van der Waals surface area (Å²) < 4.78 is 18.0. The molecule has 3 fully saturated rings. The van der Waals surface area contributed by atoms with Gasteiger partial charge in [0.1, 0.15) is 17.3 Å². The minimum Gasteiger partial charge on any atom is -0.460 e. The maximum absolute atomic E-state index is 13.5. The van der Waals surface area contributed by atoms with Crippen LogP contribution in [0.25, 0.3) is 0 Å². The second kappa shape index (κ2) is 8.26. The van der Waals surface area contributed by atoms with Crippen molar-refractivity contribution in [2.45, 2.75) is 82.8 Å². The Kier molecular flexibility index (Phi) is 5.50. The molecular weight excluding hydrogens is 484 g/mol. The molecule has 1 saturated heterocycles. The van der Waals surface area contributed by atoms with E-state index in [9.17, 15) is 14.7 Å². The number of epoxide rings is 1. The van der Waals surface area contributed by atoms with Crippen LogP contribution in [-0.2, 0) is 24.6 Å². The Hall–Kier alpha value is -2.97. The highest BCUT2D eigenvalue weighted by Crippen LogP contribution is 2.89. The fourth-order valence-corrected chi connectivity index (χ4v) is 8.47. The number of pyridine rings is 1. The van der Waals surface area contributed by atoms with E-state index in [4.69, 9.17) is 14.2 Å². The van der Waals surface area contributed by atoms with Crippen molar-refractivity contribution in [3.63, 3.8) is 0 Å². The second-order valence-corrected chi connectivity index (χ2v) is 12.1. The van der Waals surface area contributed by atoms with Crippen molar-refractivity contribution in [3.05, 3.63) is 65.5 Å². The van der Waals surface area contributed by atoms with E-state index in [0.29, 0.717) is 17.9 Å². The smallest absolute Gasteiger partial charge is 0.407 e. The molecule has 4 aliphatic rings. The highest BCUT2D eigenvalue weighted by Gasteiger charge is 2.95. The van der Waals surface area contributed by atoms with E-state index in [2.05, 4.69) is 62.3 Å². The van der Waals surface area contributed by atoms with Crippen LogP contribution in [0.15, 0.2) is 48.8 Å². The van der Waals surface area contributed by atoms with E-state index >= 15 is 0 Å². The lowest BCUT2D eigenvalue weighted by Crippen LogP contribution is -2.53. The van der Waals surface area contributed by atoms with Crippen LogP contribution in [0.1, 0.15) is 76.1 Å². The lowest BCUT2D eigenvalue weighted by Gasteiger charge is -2.46. The predicted molar refractivity (Wildman–Crippen MR) is 138 cm³/mol. The van der Waals surface area contributed by atoms with Gasteiger partial charge < -0.3 is 24.6 Å². The van der Waals surface area contributed by atoms with Gasteiger partial charge in [-0.3, -0.25) is 4.98 Å². The number of amides is 1. The molecule has 3 unspecified atom stereocenters. The molecule has 8 atom stereocenters. The number of hydrogen-bond acceptors (Lipinski definition) is 7. The maximum Gasteiger partial charge on any atom is 0.407 e. The number of benzene rings is 1. The molecular formula is C30H36N2O6. The van der Waals surface area contributed by atoms with Gasteiger partial charge in [0, 0.05) is 23.7 Å². The summed E-state index contributed by atoms with van der Waals surface area (Å²) in [7, 11) is 0. The summed E-state index contributed by atoms with van der Waals surface area (Å²) in [5, 5.41) is 13.8. The fraction of sp³-hybridized carbons (Fsp3) is 0.567. The van der Waals surface area contributed by atoms with E-state index in [1.54, 1.807) is 19.1 Å². The lowest BCUT2D eigenvalue weighted by atomic mass is 9.58. The summed E-state index contributed by atoms with van der Waals surface area (Å²) >= 11 is 0. The molecule has 8 heteroatoms. The first-order chi connectivity index (χ1) is 18.0. The van der Waals surface area contributed by atoms with Crippen LogP contribution in [0.3, 0.4) is 0 Å². The molecule has 2 N–H and O–H groups in total. The van der Waals surface area contributed by atoms with E-state index in [1.807, 2.05) is 0 Å². The molecule has 0 radical (unpaired) electrons. The third kappa shape index (κ3) is 2.96. The second-order valence-electron chi connectivity index (χ2n) is 12.1. The number of fused-ring (bicyclic) bond motifs is 3.